The van der Waals surface area contributed by atoms with Crippen molar-refractivity contribution in [3.63, 3.8) is 0 Å². The number of para-hydroxylation sites is 2. The molecule has 3 aliphatic heterocycles. The predicted octanol–water partition coefficient (Wildman–Crippen LogP) is 3.72. The van der Waals surface area contributed by atoms with Crippen molar-refractivity contribution in [2.75, 3.05) is 42.6 Å². The minimum Gasteiger partial charge on any atom is -0.479 e. The van der Waals surface area contributed by atoms with Gasteiger partial charge in [-0.15, -0.1) is 0 Å². The lowest BCUT2D eigenvalue weighted by Crippen LogP contribution is -2.56. The van der Waals surface area contributed by atoms with Crippen molar-refractivity contribution in [1.82, 2.24) is 9.80 Å². The number of aliphatic hydroxyl groups excluding tert-OH is 1. The second kappa shape index (κ2) is 10.9. The number of aliphatic hydroxyl groups is 1. The van der Waals surface area contributed by atoms with Crippen molar-refractivity contribution in [2.24, 2.45) is 0 Å². The number of amides is 1. The van der Waals surface area contributed by atoms with Crippen LogP contribution in [0.4, 0.5) is 11.4 Å². The molecule has 8 heteroatoms. The molecule has 0 radical (unpaired) electrons. The lowest BCUT2D eigenvalue weighted by atomic mass is 9.85. The van der Waals surface area contributed by atoms with Crippen LogP contribution in [0.25, 0.3) is 0 Å². The topological polar surface area (TPSA) is 87.6 Å². The largest absolute Gasteiger partial charge is 0.479 e. The van der Waals surface area contributed by atoms with E-state index >= 15 is 0 Å². The second-order valence-corrected chi connectivity index (χ2v) is 11.1. The molecule has 1 spiro atoms. The van der Waals surface area contributed by atoms with E-state index in [1.165, 1.54) is 5.56 Å². The van der Waals surface area contributed by atoms with Crippen LogP contribution in [0.15, 0.2) is 84.9 Å². The van der Waals surface area contributed by atoms with Gasteiger partial charge >= 0.3 is 5.97 Å². The van der Waals surface area contributed by atoms with E-state index in [0.29, 0.717) is 24.8 Å². The first-order valence-electron chi connectivity index (χ1n) is 14.1. The van der Waals surface area contributed by atoms with Crippen molar-refractivity contribution in [3.05, 3.63) is 96.1 Å². The third kappa shape index (κ3) is 4.71. The molecule has 2 atom stereocenters. The summed E-state index contributed by atoms with van der Waals surface area (Å²) in [6.07, 6.45) is 2.36. The van der Waals surface area contributed by atoms with Crippen molar-refractivity contribution in [2.45, 2.75) is 43.5 Å². The highest BCUT2D eigenvalue weighted by Crippen LogP contribution is 2.42. The average Bonchev–Trinajstić information content (AvgIpc) is 3.44. The molecule has 2 N–H and O–H groups in total. The first kappa shape index (κ1) is 26.3. The Morgan fingerprint density at radius 2 is 1.55 bits per heavy atom. The molecule has 0 bridgehead atoms. The molecule has 3 aromatic carbocycles. The maximum absolute atomic E-state index is 14.2. The Morgan fingerprint density at radius 3 is 2.25 bits per heavy atom. The maximum Gasteiger partial charge on any atom is 0.331 e. The van der Waals surface area contributed by atoms with Crippen molar-refractivity contribution in [3.8, 4) is 0 Å². The number of hydrogen-bond acceptors (Lipinski definition) is 6. The summed E-state index contributed by atoms with van der Waals surface area (Å²) in [4.78, 5) is 34.8. The molecule has 1 amide bonds. The summed E-state index contributed by atoms with van der Waals surface area (Å²) in [6.45, 7) is 3.41. The number of nitrogens with zero attached hydrogens (tertiary/aromatic N) is 4. The summed E-state index contributed by atoms with van der Waals surface area (Å²) >= 11 is 0. The number of fused-ring (bicyclic) bond motifs is 1. The quantitative estimate of drug-likeness (QED) is 0.450. The van der Waals surface area contributed by atoms with Gasteiger partial charge in [-0.2, -0.15) is 0 Å². The molecule has 2 fully saturated rings. The van der Waals surface area contributed by atoms with Crippen LogP contribution >= 0.6 is 0 Å². The fourth-order valence-electron chi connectivity index (χ4n) is 6.76. The fraction of sp³-hybridized carbons (Fsp3) is 0.375. The molecule has 208 valence electrons. The van der Waals surface area contributed by atoms with Crippen LogP contribution in [0.3, 0.4) is 0 Å². The Labute approximate surface area is 235 Å². The minimum absolute atomic E-state index is 0.107. The number of hydrogen-bond donors (Lipinski definition) is 2. The highest BCUT2D eigenvalue weighted by atomic mass is 16.4. The summed E-state index contributed by atoms with van der Waals surface area (Å²) in [7, 11) is 0. The Kier molecular flexibility index (Phi) is 7.21. The number of anilines is 2. The van der Waals surface area contributed by atoms with E-state index in [0.717, 1.165) is 44.0 Å². The molecule has 0 aromatic heterocycles. The van der Waals surface area contributed by atoms with Crippen molar-refractivity contribution >= 4 is 23.3 Å². The highest BCUT2D eigenvalue weighted by Gasteiger charge is 2.56. The number of piperidine rings is 1. The molecule has 0 aliphatic carbocycles. The van der Waals surface area contributed by atoms with Crippen molar-refractivity contribution in [1.29, 1.82) is 0 Å². The van der Waals surface area contributed by atoms with Gasteiger partial charge in [0.05, 0.1) is 6.67 Å². The minimum atomic E-state index is -1.04. The lowest BCUT2D eigenvalue weighted by molar-refractivity contribution is -0.150. The van der Waals surface area contributed by atoms with E-state index in [2.05, 4.69) is 26.8 Å². The van der Waals surface area contributed by atoms with Gasteiger partial charge in [-0.05, 0) is 55.1 Å². The van der Waals surface area contributed by atoms with Crippen LogP contribution in [0.1, 0.15) is 36.4 Å². The van der Waals surface area contributed by atoms with Crippen LogP contribution < -0.4 is 9.80 Å². The van der Waals surface area contributed by atoms with E-state index in [1.807, 2.05) is 60.7 Å². The number of rotatable bonds is 8. The molecule has 0 unspecified atom stereocenters. The standard InChI is InChI=1S/C32H36N4O4/c37-28-22-25-12-7-8-15-27(25)34(28)19-9-18-33-20-16-32(17-21-33)31(40)35(23-36(32)26-13-5-2-6-14-26)29(30(38)39)24-10-3-1-4-11-24/h1-8,10-15,28-29,37H,9,16-23H2,(H,38,39)/t28-,29-/m1/s1. The van der Waals surface area contributed by atoms with Crippen molar-refractivity contribution < 1.29 is 19.8 Å². The van der Waals surface area contributed by atoms with E-state index < -0.39 is 23.8 Å². The Bertz CT molecular complexity index is 1340. The summed E-state index contributed by atoms with van der Waals surface area (Å²) in [5.41, 5.74) is 3.08. The Balaban J connectivity index is 1.17. The number of carbonyl (C=O) groups is 2. The first-order valence-corrected chi connectivity index (χ1v) is 14.1. The third-order valence-electron chi connectivity index (χ3n) is 8.82. The van der Waals surface area contributed by atoms with Gasteiger partial charge in [0.25, 0.3) is 5.91 Å². The summed E-state index contributed by atoms with van der Waals surface area (Å²) < 4.78 is 0. The number of aliphatic carboxylic acids is 1. The number of carboxylic acids is 1. The van der Waals surface area contributed by atoms with Gasteiger partial charge in [0.15, 0.2) is 6.04 Å². The molecule has 3 aliphatic rings. The van der Waals surface area contributed by atoms with E-state index in [1.54, 1.807) is 17.0 Å². The Morgan fingerprint density at radius 1 is 0.900 bits per heavy atom. The van der Waals surface area contributed by atoms with Crippen LogP contribution in [-0.2, 0) is 16.0 Å². The van der Waals surface area contributed by atoms with E-state index in [-0.39, 0.29) is 12.6 Å². The normalized spacial score (nSPS) is 21.2. The van der Waals surface area contributed by atoms with Gasteiger partial charge in [0.2, 0.25) is 0 Å². The molecule has 3 heterocycles. The summed E-state index contributed by atoms with van der Waals surface area (Å²) in [5, 5.41) is 20.8. The number of likely N-dealkylation sites (tertiary alicyclic amines) is 1. The van der Waals surface area contributed by atoms with E-state index in [4.69, 9.17) is 0 Å². The zero-order chi connectivity index (χ0) is 27.7. The van der Waals surface area contributed by atoms with Crippen LogP contribution in [0.5, 0.6) is 0 Å². The summed E-state index contributed by atoms with van der Waals surface area (Å²) in [5.74, 6) is -1.13. The number of carboxylic acid groups (broad SMARTS) is 1. The number of benzene rings is 3. The van der Waals surface area contributed by atoms with Gasteiger partial charge in [-0.25, -0.2) is 4.79 Å². The predicted molar refractivity (Wildman–Crippen MR) is 154 cm³/mol. The third-order valence-corrected chi connectivity index (χ3v) is 8.82. The molecule has 40 heavy (non-hydrogen) atoms. The van der Waals surface area contributed by atoms with Gasteiger partial charge in [-0.3, -0.25) is 4.79 Å². The fourth-order valence-corrected chi connectivity index (χ4v) is 6.76. The first-order chi connectivity index (χ1) is 19.5. The second-order valence-electron chi connectivity index (χ2n) is 11.1. The number of carbonyl (C=O) groups excluding carboxylic acids is 1. The average molecular weight is 541 g/mol. The van der Waals surface area contributed by atoms with Gasteiger partial charge in [0, 0.05) is 37.4 Å². The molecule has 3 aromatic rings. The lowest BCUT2D eigenvalue weighted by Gasteiger charge is -2.43. The van der Waals surface area contributed by atoms with Gasteiger partial charge < -0.3 is 29.8 Å². The zero-order valence-electron chi connectivity index (χ0n) is 22.6. The monoisotopic (exact) mass is 540 g/mol. The SMILES string of the molecule is O=C(O)[C@@H](c1ccccc1)N1CN(c2ccccc2)C2(CCN(CCCN3c4ccccc4C[C@H]3O)CC2)C1=O. The highest BCUT2D eigenvalue weighted by molar-refractivity contribution is 5.96. The smallest absolute Gasteiger partial charge is 0.331 e. The summed E-state index contributed by atoms with van der Waals surface area (Å²) in [6, 6.07) is 26.1. The van der Waals surface area contributed by atoms with Crippen LogP contribution in [-0.4, -0.2) is 76.5 Å². The molecule has 8 nitrogen and oxygen atoms in total. The molecular formula is C32H36N4O4. The van der Waals surface area contributed by atoms with Gasteiger partial charge in [-0.1, -0.05) is 66.7 Å². The maximum atomic E-state index is 14.2. The molecular weight excluding hydrogens is 504 g/mol. The molecule has 2 saturated heterocycles. The van der Waals surface area contributed by atoms with E-state index in [9.17, 15) is 19.8 Å². The van der Waals surface area contributed by atoms with Crippen LogP contribution in [0.2, 0.25) is 0 Å². The molecule has 6 rings (SSSR count). The Hall–Kier alpha value is -3.88. The van der Waals surface area contributed by atoms with Crippen LogP contribution in [0, 0.1) is 0 Å². The zero-order valence-corrected chi connectivity index (χ0v) is 22.6. The molecule has 0 saturated carbocycles. The van der Waals surface area contributed by atoms with Gasteiger partial charge in [0.1, 0.15) is 11.8 Å².